The molecule has 1 amide bonds. The Hall–Kier alpha value is -2.08. The van der Waals surface area contributed by atoms with Crippen LogP contribution in [0.25, 0.3) is 0 Å². The molecule has 0 spiro atoms. The summed E-state index contributed by atoms with van der Waals surface area (Å²) < 4.78 is 1.36. The molecule has 0 aliphatic heterocycles. The molecule has 0 saturated heterocycles. The zero-order valence-electron chi connectivity index (χ0n) is 9.84. The molecule has 0 radical (unpaired) electrons. The second-order valence-corrected chi connectivity index (χ2v) is 4.72. The number of rotatable bonds is 3. The van der Waals surface area contributed by atoms with Crippen molar-refractivity contribution in [3.63, 3.8) is 0 Å². The Morgan fingerprint density at radius 3 is 2.94 bits per heavy atom. The number of carbonyl (C=O) groups is 1. The Morgan fingerprint density at radius 2 is 2.28 bits per heavy atom. The largest absolute Gasteiger partial charge is 0.398 e. The molecular weight excluding hydrogens is 250 g/mol. The lowest BCUT2D eigenvalue weighted by Crippen LogP contribution is -2.24. The van der Waals surface area contributed by atoms with Crippen LogP contribution in [0.1, 0.15) is 5.56 Å². The Morgan fingerprint density at radius 1 is 1.50 bits per heavy atom. The standard InChI is InChI=1S/C12H13N3O2S/c1-8-9(13)3-2-4-10(8)14-11(16)7-15-5-6-18-12(15)17/h2-6H,7,13H2,1H3,(H,14,16). The Labute approximate surface area is 108 Å². The minimum atomic E-state index is -0.246. The first kappa shape index (κ1) is 12.4. The van der Waals surface area contributed by atoms with E-state index in [0.717, 1.165) is 16.9 Å². The van der Waals surface area contributed by atoms with Crippen molar-refractivity contribution in [3.8, 4) is 0 Å². The van der Waals surface area contributed by atoms with E-state index in [1.807, 2.05) is 6.92 Å². The normalized spacial score (nSPS) is 10.3. The van der Waals surface area contributed by atoms with Crippen LogP contribution in [0.15, 0.2) is 34.6 Å². The lowest BCUT2D eigenvalue weighted by Gasteiger charge is -2.10. The van der Waals surface area contributed by atoms with Gasteiger partial charge in [0.25, 0.3) is 0 Å². The molecule has 6 heteroatoms. The molecule has 0 atom stereocenters. The van der Waals surface area contributed by atoms with Crippen molar-refractivity contribution in [1.82, 2.24) is 4.57 Å². The molecule has 1 aromatic carbocycles. The molecule has 0 fully saturated rings. The van der Waals surface area contributed by atoms with Crippen LogP contribution >= 0.6 is 11.3 Å². The van der Waals surface area contributed by atoms with Gasteiger partial charge in [-0.05, 0) is 24.6 Å². The molecule has 3 N–H and O–H groups in total. The molecule has 0 unspecified atom stereocenters. The number of hydrogen-bond acceptors (Lipinski definition) is 4. The number of nitrogen functional groups attached to an aromatic ring is 1. The van der Waals surface area contributed by atoms with E-state index in [1.165, 1.54) is 4.57 Å². The molecule has 0 bridgehead atoms. The van der Waals surface area contributed by atoms with Crippen molar-refractivity contribution in [1.29, 1.82) is 0 Å². The van der Waals surface area contributed by atoms with Crippen LogP contribution in [0.5, 0.6) is 0 Å². The van der Waals surface area contributed by atoms with Gasteiger partial charge in [-0.15, -0.1) is 0 Å². The fraction of sp³-hybridized carbons (Fsp3) is 0.167. The molecule has 0 aliphatic rings. The third-order valence-electron chi connectivity index (χ3n) is 2.61. The second-order valence-electron chi connectivity index (χ2n) is 3.86. The van der Waals surface area contributed by atoms with Crippen LogP contribution < -0.4 is 15.9 Å². The van der Waals surface area contributed by atoms with Crippen LogP contribution in [0.4, 0.5) is 11.4 Å². The maximum Gasteiger partial charge on any atom is 0.307 e. The van der Waals surface area contributed by atoms with E-state index in [2.05, 4.69) is 5.32 Å². The topological polar surface area (TPSA) is 77.1 Å². The van der Waals surface area contributed by atoms with Crippen LogP contribution in [-0.4, -0.2) is 10.5 Å². The van der Waals surface area contributed by atoms with Crippen LogP contribution in [-0.2, 0) is 11.3 Å². The number of aromatic nitrogens is 1. The maximum atomic E-state index is 11.8. The first-order chi connectivity index (χ1) is 8.58. The van der Waals surface area contributed by atoms with Gasteiger partial charge in [0.1, 0.15) is 6.54 Å². The minimum absolute atomic E-state index is 0.0105. The van der Waals surface area contributed by atoms with Gasteiger partial charge in [0.2, 0.25) is 5.91 Å². The lowest BCUT2D eigenvalue weighted by molar-refractivity contribution is -0.116. The Balaban J connectivity index is 2.10. The number of benzene rings is 1. The van der Waals surface area contributed by atoms with Gasteiger partial charge in [-0.1, -0.05) is 17.4 Å². The predicted octanol–water partition coefficient (Wildman–Crippen LogP) is 1.44. The van der Waals surface area contributed by atoms with Gasteiger partial charge < -0.3 is 11.1 Å². The zero-order chi connectivity index (χ0) is 13.1. The number of carbonyl (C=O) groups excluding carboxylic acids is 1. The van der Waals surface area contributed by atoms with E-state index in [-0.39, 0.29) is 17.3 Å². The number of thiazole rings is 1. The van der Waals surface area contributed by atoms with E-state index < -0.39 is 0 Å². The van der Waals surface area contributed by atoms with Gasteiger partial charge in [-0.2, -0.15) is 0 Å². The predicted molar refractivity (Wildman–Crippen MR) is 72.8 cm³/mol. The van der Waals surface area contributed by atoms with Crippen molar-refractivity contribution in [3.05, 3.63) is 45.0 Å². The third kappa shape index (κ3) is 2.60. The van der Waals surface area contributed by atoms with Gasteiger partial charge in [0.05, 0.1) is 0 Å². The summed E-state index contributed by atoms with van der Waals surface area (Å²) in [5.74, 6) is -0.246. The summed E-state index contributed by atoms with van der Waals surface area (Å²) in [4.78, 5) is 23.0. The molecular formula is C12H13N3O2S. The molecule has 1 heterocycles. The van der Waals surface area contributed by atoms with Crippen LogP contribution in [0.2, 0.25) is 0 Å². The van der Waals surface area contributed by atoms with Crippen molar-refractivity contribution in [2.24, 2.45) is 0 Å². The molecule has 5 nitrogen and oxygen atoms in total. The van der Waals surface area contributed by atoms with E-state index in [1.54, 1.807) is 29.8 Å². The quantitative estimate of drug-likeness (QED) is 0.823. The maximum absolute atomic E-state index is 11.8. The molecule has 0 aliphatic carbocycles. The van der Waals surface area contributed by atoms with Gasteiger partial charge in [-0.3, -0.25) is 14.2 Å². The number of hydrogen-bond donors (Lipinski definition) is 2. The third-order valence-corrected chi connectivity index (χ3v) is 3.30. The smallest absolute Gasteiger partial charge is 0.307 e. The summed E-state index contributed by atoms with van der Waals surface area (Å²) in [7, 11) is 0. The van der Waals surface area contributed by atoms with Gasteiger partial charge in [0, 0.05) is 23.0 Å². The van der Waals surface area contributed by atoms with Crippen molar-refractivity contribution in [2.75, 3.05) is 11.1 Å². The summed E-state index contributed by atoms with van der Waals surface area (Å²) in [6.45, 7) is 1.85. The van der Waals surface area contributed by atoms with Crippen LogP contribution in [0.3, 0.4) is 0 Å². The highest BCUT2D eigenvalue weighted by Crippen LogP contribution is 2.20. The first-order valence-corrected chi connectivity index (χ1v) is 6.25. The van der Waals surface area contributed by atoms with E-state index in [4.69, 9.17) is 5.73 Å². The van der Waals surface area contributed by atoms with Crippen molar-refractivity contribution >= 4 is 28.6 Å². The number of amides is 1. The minimum Gasteiger partial charge on any atom is -0.398 e. The molecule has 2 rings (SSSR count). The lowest BCUT2D eigenvalue weighted by atomic mass is 10.1. The number of nitrogens with zero attached hydrogens (tertiary/aromatic N) is 1. The molecule has 2 aromatic rings. The van der Waals surface area contributed by atoms with E-state index in [9.17, 15) is 9.59 Å². The highest BCUT2D eigenvalue weighted by molar-refractivity contribution is 7.07. The Kier molecular flexibility index (Phi) is 3.47. The summed E-state index contributed by atoms with van der Waals surface area (Å²) in [6, 6.07) is 5.32. The summed E-state index contributed by atoms with van der Waals surface area (Å²) in [5, 5.41) is 4.40. The zero-order valence-corrected chi connectivity index (χ0v) is 10.7. The summed E-state index contributed by atoms with van der Waals surface area (Å²) in [5.41, 5.74) is 7.87. The molecule has 0 saturated carbocycles. The van der Waals surface area contributed by atoms with E-state index >= 15 is 0 Å². The molecule has 94 valence electrons. The van der Waals surface area contributed by atoms with Gasteiger partial charge >= 0.3 is 4.87 Å². The van der Waals surface area contributed by atoms with Gasteiger partial charge in [0.15, 0.2) is 0 Å². The van der Waals surface area contributed by atoms with Crippen molar-refractivity contribution in [2.45, 2.75) is 13.5 Å². The number of nitrogens with two attached hydrogens (primary N) is 1. The average molecular weight is 263 g/mol. The summed E-state index contributed by atoms with van der Waals surface area (Å²) >= 11 is 1.07. The fourth-order valence-electron chi connectivity index (χ4n) is 1.54. The average Bonchev–Trinajstić information content (AvgIpc) is 2.71. The fourth-order valence-corrected chi connectivity index (χ4v) is 2.13. The SMILES string of the molecule is Cc1c(N)cccc1NC(=O)Cn1ccsc1=O. The monoisotopic (exact) mass is 263 g/mol. The highest BCUT2D eigenvalue weighted by atomic mass is 32.1. The van der Waals surface area contributed by atoms with Gasteiger partial charge in [-0.25, -0.2) is 0 Å². The van der Waals surface area contributed by atoms with Crippen LogP contribution in [0, 0.1) is 6.92 Å². The number of anilines is 2. The second kappa shape index (κ2) is 5.05. The first-order valence-electron chi connectivity index (χ1n) is 5.37. The molecule has 18 heavy (non-hydrogen) atoms. The Bertz CT molecular complexity index is 630. The summed E-state index contributed by atoms with van der Waals surface area (Å²) in [6.07, 6.45) is 1.60. The van der Waals surface area contributed by atoms with Crippen molar-refractivity contribution < 1.29 is 4.79 Å². The highest BCUT2D eigenvalue weighted by Gasteiger charge is 2.08. The van der Waals surface area contributed by atoms with E-state index in [0.29, 0.717) is 11.4 Å². The molecule has 1 aromatic heterocycles. The number of nitrogens with one attached hydrogen (secondary N) is 1.